The monoisotopic (exact) mass is 395 g/mol. The van der Waals surface area contributed by atoms with Crippen molar-refractivity contribution in [3.63, 3.8) is 0 Å². The van der Waals surface area contributed by atoms with E-state index in [1.165, 1.54) is 0 Å². The van der Waals surface area contributed by atoms with E-state index in [9.17, 15) is 9.18 Å². The van der Waals surface area contributed by atoms with Gasteiger partial charge in [0.2, 0.25) is 5.82 Å². The first-order chi connectivity index (χ1) is 11.7. The van der Waals surface area contributed by atoms with Gasteiger partial charge in [-0.1, -0.05) is 13.3 Å². The Hall–Kier alpha value is -1.89. The van der Waals surface area contributed by atoms with Gasteiger partial charge in [0.15, 0.2) is 0 Å². The maximum atomic E-state index is 12.4. The van der Waals surface area contributed by atoms with Crippen molar-refractivity contribution in [2.75, 3.05) is 19.8 Å². The minimum atomic E-state index is -0.515. The summed E-state index contributed by atoms with van der Waals surface area (Å²) in [6.07, 6.45) is 2.02. The molecule has 0 unspecified atom stereocenters. The lowest BCUT2D eigenvalue weighted by Gasteiger charge is -2.15. The minimum Gasteiger partial charge on any atom is -0.491 e. The average Bonchev–Trinajstić information content (AvgIpc) is 3.07. The first-order valence-electron chi connectivity index (χ1n) is 8.00. The second-order valence-corrected chi connectivity index (χ2v) is 6.38. The van der Waals surface area contributed by atoms with E-state index in [-0.39, 0.29) is 12.5 Å². The maximum absolute atomic E-state index is 12.4. The van der Waals surface area contributed by atoms with Gasteiger partial charge in [-0.2, -0.15) is 0 Å². The Balaban J connectivity index is 1.86. The van der Waals surface area contributed by atoms with E-state index in [1.54, 1.807) is 12.1 Å². The highest BCUT2D eigenvalue weighted by atomic mass is 79.9. The molecule has 0 fully saturated rings. The van der Waals surface area contributed by atoms with Crippen molar-refractivity contribution in [3.05, 3.63) is 34.7 Å². The highest BCUT2D eigenvalue weighted by Gasteiger charge is 2.32. The number of fused-ring (bicyclic) bond motifs is 1. The van der Waals surface area contributed by atoms with Crippen molar-refractivity contribution in [1.82, 2.24) is 14.5 Å². The Morgan fingerprint density at radius 2 is 2.08 bits per heavy atom. The van der Waals surface area contributed by atoms with E-state index >= 15 is 0 Å². The molecule has 2 aromatic rings. The van der Waals surface area contributed by atoms with Crippen LogP contribution in [0.25, 0.3) is 11.3 Å². The predicted molar refractivity (Wildman–Crippen MR) is 92.8 cm³/mol. The van der Waals surface area contributed by atoms with Crippen LogP contribution in [0.4, 0.5) is 4.39 Å². The predicted octanol–water partition coefficient (Wildman–Crippen LogP) is 3.87. The number of hydrogen-bond acceptors (Lipinski definition) is 3. The van der Waals surface area contributed by atoms with Gasteiger partial charge < -0.3 is 14.2 Å². The molecule has 0 aliphatic carbocycles. The van der Waals surface area contributed by atoms with E-state index in [2.05, 4.69) is 27.8 Å². The molecule has 0 saturated carbocycles. The van der Waals surface area contributed by atoms with E-state index in [0.717, 1.165) is 30.6 Å². The normalized spacial score (nSPS) is 13.5. The van der Waals surface area contributed by atoms with Gasteiger partial charge >= 0.3 is 0 Å². The molecule has 0 N–H and O–H groups in total. The third-order valence-corrected chi connectivity index (χ3v) is 4.52. The van der Waals surface area contributed by atoms with Gasteiger partial charge in [0, 0.05) is 12.1 Å². The molecule has 2 heterocycles. The first kappa shape index (κ1) is 17.0. The number of alkyl halides is 1. The van der Waals surface area contributed by atoms with Gasteiger partial charge in [-0.25, -0.2) is 9.37 Å². The van der Waals surface area contributed by atoms with Crippen LogP contribution in [-0.2, 0) is 6.67 Å². The summed E-state index contributed by atoms with van der Waals surface area (Å²) >= 11 is 3.46. The molecule has 0 atom stereocenters. The number of carbonyl (C=O) groups excluding carboxylic acids is 1. The van der Waals surface area contributed by atoms with Gasteiger partial charge in [0.1, 0.15) is 23.6 Å². The highest BCUT2D eigenvalue weighted by molar-refractivity contribution is 9.10. The molecule has 0 saturated heterocycles. The molecule has 1 aromatic carbocycles. The summed E-state index contributed by atoms with van der Waals surface area (Å²) in [5.74, 6) is 1.05. The summed E-state index contributed by atoms with van der Waals surface area (Å²) < 4.78 is 20.0. The van der Waals surface area contributed by atoms with Crippen LogP contribution in [0.2, 0.25) is 0 Å². The molecule has 7 heteroatoms. The lowest BCUT2D eigenvalue weighted by atomic mass is 10.1. The summed E-state index contributed by atoms with van der Waals surface area (Å²) in [6, 6.07) is 7.37. The van der Waals surface area contributed by atoms with Crippen molar-refractivity contribution >= 4 is 21.8 Å². The topological polar surface area (TPSA) is 47.4 Å². The van der Waals surface area contributed by atoms with Crippen LogP contribution in [0.1, 0.15) is 30.4 Å². The molecule has 128 valence electrons. The number of aromatic nitrogens is 2. The number of amides is 1. The molecule has 1 amide bonds. The largest absolute Gasteiger partial charge is 0.491 e. The summed E-state index contributed by atoms with van der Waals surface area (Å²) in [5, 5.41) is 0. The quantitative estimate of drug-likeness (QED) is 0.714. The smallest absolute Gasteiger partial charge is 0.291 e. The second-order valence-electron chi connectivity index (χ2n) is 5.63. The lowest BCUT2D eigenvalue weighted by Crippen LogP contribution is -2.26. The molecule has 3 rings (SSSR count). The minimum absolute atomic E-state index is 0.0294. The van der Waals surface area contributed by atoms with Crippen LogP contribution in [0.15, 0.2) is 28.9 Å². The van der Waals surface area contributed by atoms with Crippen LogP contribution >= 0.6 is 15.9 Å². The highest BCUT2D eigenvalue weighted by Crippen LogP contribution is 2.33. The van der Waals surface area contributed by atoms with Crippen LogP contribution in [0.3, 0.4) is 0 Å². The first-order valence-corrected chi connectivity index (χ1v) is 8.79. The number of benzene rings is 1. The van der Waals surface area contributed by atoms with Crippen molar-refractivity contribution < 1.29 is 13.9 Å². The Bertz CT molecular complexity index is 730. The van der Waals surface area contributed by atoms with Crippen LogP contribution in [0.5, 0.6) is 5.75 Å². The Kier molecular flexibility index (Phi) is 5.18. The van der Waals surface area contributed by atoms with Gasteiger partial charge in [-0.05, 0) is 46.6 Å². The van der Waals surface area contributed by atoms with Crippen molar-refractivity contribution in [1.29, 1.82) is 0 Å². The van der Waals surface area contributed by atoms with Crippen LogP contribution in [0, 0.1) is 0 Å². The van der Waals surface area contributed by atoms with Crippen molar-refractivity contribution in [2.45, 2.75) is 26.4 Å². The molecule has 1 aliphatic heterocycles. The maximum Gasteiger partial charge on any atom is 0.291 e. The van der Waals surface area contributed by atoms with Crippen LogP contribution < -0.4 is 4.74 Å². The fourth-order valence-electron chi connectivity index (χ4n) is 2.76. The summed E-state index contributed by atoms with van der Waals surface area (Å²) in [4.78, 5) is 18.6. The van der Waals surface area contributed by atoms with E-state index < -0.39 is 6.67 Å². The zero-order chi connectivity index (χ0) is 17.1. The number of hydrogen-bond donors (Lipinski definition) is 0. The van der Waals surface area contributed by atoms with Gasteiger partial charge in [0.05, 0.1) is 12.4 Å². The van der Waals surface area contributed by atoms with Crippen LogP contribution in [-0.4, -0.2) is 40.2 Å². The third kappa shape index (κ3) is 3.17. The molecule has 1 aromatic heterocycles. The number of rotatable bonds is 7. The van der Waals surface area contributed by atoms with Gasteiger partial charge in [-0.3, -0.25) is 4.79 Å². The molecule has 24 heavy (non-hydrogen) atoms. The van der Waals surface area contributed by atoms with E-state index in [4.69, 9.17) is 4.74 Å². The Labute approximate surface area is 148 Å². The van der Waals surface area contributed by atoms with Crippen molar-refractivity contribution in [3.8, 4) is 17.0 Å². The molecule has 0 radical (unpaired) electrons. The fraction of sp³-hybridized carbons (Fsp3) is 0.412. The second kappa shape index (κ2) is 7.34. The fourth-order valence-corrected chi connectivity index (χ4v) is 3.37. The third-order valence-electron chi connectivity index (χ3n) is 3.97. The van der Waals surface area contributed by atoms with Gasteiger partial charge in [0.25, 0.3) is 5.91 Å². The Morgan fingerprint density at radius 1 is 1.33 bits per heavy atom. The number of carbonyl (C=O) groups is 1. The lowest BCUT2D eigenvalue weighted by molar-refractivity contribution is 0.0763. The molecular weight excluding hydrogens is 377 g/mol. The van der Waals surface area contributed by atoms with E-state index in [0.29, 0.717) is 22.8 Å². The molecule has 1 aliphatic rings. The molecule has 0 spiro atoms. The Morgan fingerprint density at radius 3 is 2.75 bits per heavy atom. The van der Waals surface area contributed by atoms with Crippen molar-refractivity contribution in [2.24, 2.45) is 0 Å². The average molecular weight is 396 g/mol. The standard InChI is InChI=1S/C17H19BrFN3O2/c1-2-3-9-21-11-22-14(15(18)20-16(22)17(21)23)12-4-6-13(7-5-12)24-10-8-19/h4-7H,2-3,8-11H2,1H3. The zero-order valence-electron chi connectivity index (χ0n) is 13.5. The summed E-state index contributed by atoms with van der Waals surface area (Å²) in [5.41, 5.74) is 1.80. The number of imidazole rings is 1. The summed E-state index contributed by atoms with van der Waals surface area (Å²) in [6.45, 7) is 2.90. The number of nitrogens with zero attached hydrogens (tertiary/aromatic N) is 3. The summed E-state index contributed by atoms with van der Waals surface area (Å²) in [7, 11) is 0. The molecule has 5 nitrogen and oxygen atoms in total. The van der Waals surface area contributed by atoms with Gasteiger partial charge in [-0.15, -0.1) is 0 Å². The van der Waals surface area contributed by atoms with E-state index in [1.807, 2.05) is 21.6 Å². The molecule has 0 bridgehead atoms. The molecular formula is C17H19BrFN3O2. The number of halogens is 2. The number of unbranched alkanes of at least 4 members (excludes halogenated alkanes) is 1. The SMILES string of the molecule is CCCCN1Cn2c(nc(Br)c2-c2ccc(OCCF)cc2)C1=O. The number of ether oxygens (including phenoxy) is 1. The zero-order valence-corrected chi connectivity index (χ0v) is 15.1.